The first-order chi connectivity index (χ1) is 7.33. The lowest BCUT2D eigenvalue weighted by Gasteiger charge is -2.12. The molecule has 0 fully saturated rings. The molecule has 4 heteroatoms. The van der Waals surface area contributed by atoms with E-state index in [9.17, 15) is 0 Å². The van der Waals surface area contributed by atoms with Crippen LogP contribution < -0.4 is 5.73 Å². The van der Waals surface area contributed by atoms with Crippen LogP contribution in [-0.4, -0.2) is 14.8 Å². The minimum atomic E-state index is 0.0642. The summed E-state index contributed by atoms with van der Waals surface area (Å²) in [6.07, 6.45) is 6.93. The third-order valence-electron chi connectivity index (χ3n) is 3.07. The lowest BCUT2D eigenvalue weighted by molar-refractivity contribution is 0.535. The summed E-state index contributed by atoms with van der Waals surface area (Å²) in [5.41, 5.74) is 6.10. The van der Waals surface area contributed by atoms with Gasteiger partial charge >= 0.3 is 0 Å². The number of nitrogens with two attached hydrogens (primary N) is 1. The van der Waals surface area contributed by atoms with Crippen LogP contribution in [0.4, 0.5) is 0 Å². The van der Waals surface area contributed by atoms with E-state index in [1.165, 1.54) is 19.3 Å². The Morgan fingerprint density at radius 1 is 1.33 bits per heavy atom. The van der Waals surface area contributed by atoms with Crippen molar-refractivity contribution in [3.05, 3.63) is 11.6 Å². The van der Waals surface area contributed by atoms with Crippen molar-refractivity contribution in [2.45, 2.75) is 58.0 Å². The van der Waals surface area contributed by atoms with E-state index in [1.807, 2.05) is 0 Å². The molecule has 0 bridgehead atoms. The highest BCUT2D eigenvalue weighted by molar-refractivity contribution is 5.02. The number of nitrogens with zero attached hydrogens (tertiary/aromatic N) is 3. The molecule has 1 aliphatic rings. The van der Waals surface area contributed by atoms with Crippen molar-refractivity contribution in [2.24, 2.45) is 5.73 Å². The van der Waals surface area contributed by atoms with Crippen LogP contribution in [-0.2, 0) is 13.0 Å². The van der Waals surface area contributed by atoms with Crippen LogP contribution in [0.25, 0.3) is 0 Å². The molecule has 1 unspecified atom stereocenters. The van der Waals surface area contributed by atoms with Gasteiger partial charge in [0.05, 0.1) is 6.04 Å². The summed E-state index contributed by atoms with van der Waals surface area (Å²) in [5.74, 6) is 2.13. The van der Waals surface area contributed by atoms with E-state index < -0.39 is 0 Å². The molecule has 0 saturated heterocycles. The van der Waals surface area contributed by atoms with Crippen LogP contribution in [0.5, 0.6) is 0 Å². The largest absolute Gasteiger partial charge is 0.321 e. The monoisotopic (exact) mass is 208 g/mol. The Kier molecular flexibility index (Phi) is 3.36. The first kappa shape index (κ1) is 10.6. The summed E-state index contributed by atoms with van der Waals surface area (Å²) < 4.78 is 2.24. The van der Waals surface area contributed by atoms with Crippen molar-refractivity contribution in [3.63, 3.8) is 0 Å². The molecular weight excluding hydrogens is 188 g/mol. The number of hydrogen-bond acceptors (Lipinski definition) is 3. The van der Waals surface area contributed by atoms with E-state index in [-0.39, 0.29) is 6.04 Å². The fourth-order valence-electron chi connectivity index (χ4n) is 2.22. The molecule has 15 heavy (non-hydrogen) atoms. The van der Waals surface area contributed by atoms with E-state index in [0.717, 1.165) is 37.5 Å². The lowest BCUT2D eigenvalue weighted by Crippen LogP contribution is -2.17. The van der Waals surface area contributed by atoms with Crippen LogP contribution in [0.1, 0.15) is 56.7 Å². The fourth-order valence-corrected chi connectivity index (χ4v) is 2.22. The highest BCUT2D eigenvalue weighted by Crippen LogP contribution is 2.19. The summed E-state index contributed by atoms with van der Waals surface area (Å²) in [7, 11) is 0. The van der Waals surface area contributed by atoms with E-state index in [1.54, 1.807) is 0 Å². The van der Waals surface area contributed by atoms with Gasteiger partial charge in [0.15, 0.2) is 0 Å². The van der Waals surface area contributed by atoms with Gasteiger partial charge in [-0.05, 0) is 19.3 Å². The van der Waals surface area contributed by atoms with Crippen molar-refractivity contribution >= 4 is 0 Å². The van der Waals surface area contributed by atoms with Gasteiger partial charge < -0.3 is 10.3 Å². The SMILES string of the molecule is CCCC(N)c1nnc2n1CCCCC2. The highest BCUT2D eigenvalue weighted by atomic mass is 15.3. The zero-order valence-corrected chi connectivity index (χ0v) is 9.45. The van der Waals surface area contributed by atoms with Gasteiger partial charge in [0.25, 0.3) is 0 Å². The number of fused-ring (bicyclic) bond motifs is 1. The van der Waals surface area contributed by atoms with Gasteiger partial charge in [-0.15, -0.1) is 10.2 Å². The summed E-state index contributed by atoms with van der Waals surface area (Å²) in [4.78, 5) is 0. The average Bonchev–Trinajstić information content (AvgIpc) is 2.48. The van der Waals surface area contributed by atoms with Crippen LogP contribution >= 0.6 is 0 Å². The molecule has 2 N–H and O–H groups in total. The molecule has 2 heterocycles. The van der Waals surface area contributed by atoms with Gasteiger partial charge in [0, 0.05) is 13.0 Å². The van der Waals surface area contributed by atoms with Crippen molar-refractivity contribution in [1.82, 2.24) is 14.8 Å². The molecule has 1 aromatic rings. The summed E-state index contributed by atoms with van der Waals surface area (Å²) >= 11 is 0. The molecule has 1 aromatic heterocycles. The molecule has 84 valence electrons. The average molecular weight is 208 g/mol. The Bertz CT molecular complexity index is 318. The molecule has 0 amide bonds. The van der Waals surface area contributed by atoms with Gasteiger partial charge in [-0.25, -0.2) is 0 Å². The van der Waals surface area contributed by atoms with E-state index in [2.05, 4.69) is 21.7 Å². The van der Waals surface area contributed by atoms with Gasteiger partial charge in [-0.1, -0.05) is 19.8 Å². The van der Waals surface area contributed by atoms with Crippen molar-refractivity contribution in [3.8, 4) is 0 Å². The van der Waals surface area contributed by atoms with Crippen molar-refractivity contribution in [1.29, 1.82) is 0 Å². The number of aromatic nitrogens is 3. The van der Waals surface area contributed by atoms with Gasteiger partial charge in [-0.2, -0.15) is 0 Å². The molecule has 1 aliphatic heterocycles. The molecular formula is C11H20N4. The standard InChI is InChI=1S/C11H20N4/c1-2-6-9(12)11-14-13-10-7-4-3-5-8-15(10)11/h9H,2-8,12H2,1H3. The minimum Gasteiger partial charge on any atom is -0.321 e. The molecule has 0 aliphatic carbocycles. The van der Waals surface area contributed by atoms with Gasteiger partial charge in [0.2, 0.25) is 0 Å². The summed E-state index contributed by atoms with van der Waals surface area (Å²) in [5, 5.41) is 8.50. The molecule has 0 spiro atoms. The van der Waals surface area contributed by atoms with E-state index in [4.69, 9.17) is 5.73 Å². The Balaban J connectivity index is 2.21. The summed E-state index contributed by atoms with van der Waals surface area (Å²) in [6, 6.07) is 0.0642. The smallest absolute Gasteiger partial charge is 0.149 e. The van der Waals surface area contributed by atoms with E-state index in [0.29, 0.717) is 0 Å². The maximum atomic E-state index is 6.10. The highest BCUT2D eigenvalue weighted by Gasteiger charge is 2.18. The van der Waals surface area contributed by atoms with Crippen LogP contribution in [0.3, 0.4) is 0 Å². The van der Waals surface area contributed by atoms with Gasteiger partial charge in [-0.3, -0.25) is 0 Å². The van der Waals surface area contributed by atoms with Gasteiger partial charge in [0.1, 0.15) is 11.6 Å². The molecule has 0 saturated carbocycles. The Morgan fingerprint density at radius 3 is 3.00 bits per heavy atom. The minimum absolute atomic E-state index is 0.0642. The predicted molar refractivity (Wildman–Crippen MR) is 59.4 cm³/mol. The Labute approximate surface area is 90.9 Å². The predicted octanol–water partition coefficient (Wildman–Crippen LogP) is 1.80. The molecule has 1 atom stereocenters. The fraction of sp³-hybridized carbons (Fsp3) is 0.818. The van der Waals surface area contributed by atoms with E-state index >= 15 is 0 Å². The second kappa shape index (κ2) is 4.75. The quantitative estimate of drug-likeness (QED) is 0.824. The second-order valence-corrected chi connectivity index (χ2v) is 4.33. The Hall–Kier alpha value is -0.900. The van der Waals surface area contributed by atoms with Crippen molar-refractivity contribution < 1.29 is 0 Å². The molecule has 4 nitrogen and oxygen atoms in total. The molecule has 0 aromatic carbocycles. The maximum Gasteiger partial charge on any atom is 0.149 e. The van der Waals surface area contributed by atoms with Crippen molar-refractivity contribution in [2.75, 3.05) is 0 Å². The van der Waals surface area contributed by atoms with Crippen LogP contribution in [0, 0.1) is 0 Å². The zero-order chi connectivity index (χ0) is 10.7. The third-order valence-corrected chi connectivity index (χ3v) is 3.07. The zero-order valence-electron chi connectivity index (χ0n) is 9.45. The first-order valence-electron chi connectivity index (χ1n) is 6.00. The Morgan fingerprint density at radius 2 is 2.20 bits per heavy atom. The second-order valence-electron chi connectivity index (χ2n) is 4.33. The van der Waals surface area contributed by atoms with Crippen LogP contribution in [0.15, 0.2) is 0 Å². The molecule has 0 radical (unpaired) electrons. The number of aryl methyl sites for hydroxylation is 1. The summed E-state index contributed by atoms with van der Waals surface area (Å²) in [6.45, 7) is 3.20. The number of hydrogen-bond donors (Lipinski definition) is 1. The molecule has 2 rings (SSSR count). The van der Waals surface area contributed by atoms with Crippen LogP contribution in [0.2, 0.25) is 0 Å². The normalized spacial score (nSPS) is 18.3. The number of rotatable bonds is 3. The lowest BCUT2D eigenvalue weighted by atomic mass is 10.1. The topological polar surface area (TPSA) is 56.7 Å². The first-order valence-corrected chi connectivity index (χ1v) is 6.00. The maximum absolute atomic E-state index is 6.10. The third kappa shape index (κ3) is 2.20.